The summed E-state index contributed by atoms with van der Waals surface area (Å²) >= 11 is 5.69. The average Bonchev–Trinajstić information content (AvgIpc) is 2.41. The molecule has 0 aliphatic heterocycles. The number of carbonyl (C=O) groups excluding carboxylic acids is 1. The maximum absolute atomic E-state index is 13.1. The van der Waals surface area contributed by atoms with E-state index in [4.69, 9.17) is 11.6 Å². The van der Waals surface area contributed by atoms with E-state index in [-0.39, 0.29) is 16.6 Å². The maximum atomic E-state index is 13.1. The average molecular weight is 280 g/mol. The van der Waals surface area contributed by atoms with E-state index < -0.39 is 5.82 Å². The number of aryl methyl sites for hydroxylation is 1. The number of rotatable bonds is 2. The van der Waals surface area contributed by atoms with Crippen molar-refractivity contribution in [3.8, 4) is 0 Å². The Labute approximate surface area is 114 Å². The van der Waals surface area contributed by atoms with Crippen molar-refractivity contribution in [2.24, 2.45) is 0 Å². The second kappa shape index (κ2) is 5.32. The zero-order valence-electron chi connectivity index (χ0n) is 10.4. The molecule has 0 aliphatic rings. The smallest absolute Gasteiger partial charge is 0.278 e. The van der Waals surface area contributed by atoms with Gasteiger partial charge in [0.05, 0.1) is 16.9 Å². The summed E-state index contributed by atoms with van der Waals surface area (Å²) in [6.07, 6.45) is 2.91. The van der Waals surface area contributed by atoms with Crippen LogP contribution in [0.25, 0.3) is 0 Å². The van der Waals surface area contributed by atoms with E-state index in [0.717, 1.165) is 5.69 Å². The van der Waals surface area contributed by atoms with Crippen LogP contribution in [0.15, 0.2) is 30.6 Å². The lowest BCUT2D eigenvalue weighted by Gasteiger charge is -2.17. The molecule has 1 heterocycles. The van der Waals surface area contributed by atoms with Gasteiger partial charge in [0.25, 0.3) is 5.91 Å². The Morgan fingerprint density at radius 3 is 2.63 bits per heavy atom. The van der Waals surface area contributed by atoms with Gasteiger partial charge in [-0.1, -0.05) is 11.6 Å². The lowest BCUT2D eigenvalue weighted by atomic mass is 10.2. The summed E-state index contributed by atoms with van der Waals surface area (Å²) in [5, 5.41) is -0.0351. The van der Waals surface area contributed by atoms with Crippen LogP contribution in [0, 0.1) is 12.7 Å². The molecule has 0 aliphatic carbocycles. The molecule has 98 valence electrons. The Hall–Kier alpha value is -2.01. The van der Waals surface area contributed by atoms with Crippen molar-refractivity contribution in [1.82, 2.24) is 9.97 Å². The number of anilines is 1. The monoisotopic (exact) mass is 279 g/mol. The van der Waals surface area contributed by atoms with Crippen LogP contribution in [0.5, 0.6) is 0 Å². The highest BCUT2D eigenvalue weighted by Crippen LogP contribution is 2.22. The molecular weight excluding hydrogens is 269 g/mol. The fourth-order valence-corrected chi connectivity index (χ4v) is 1.66. The van der Waals surface area contributed by atoms with Gasteiger partial charge in [0.1, 0.15) is 11.5 Å². The third kappa shape index (κ3) is 2.88. The van der Waals surface area contributed by atoms with E-state index in [0.29, 0.717) is 5.69 Å². The van der Waals surface area contributed by atoms with Gasteiger partial charge in [0.2, 0.25) is 0 Å². The van der Waals surface area contributed by atoms with Crippen molar-refractivity contribution in [3.05, 3.63) is 52.8 Å². The lowest BCUT2D eigenvalue weighted by Crippen LogP contribution is -2.27. The molecule has 1 aromatic heterocycles. The molecule has 1 aromatic carbocycles. The number of hydrogen-bond acceptors (Lipinski definition) is 3. The minimum absolute atomic E-state index is 0.0351. The summed E-state index contributed by atoms with van der Waals surface area (Å²) in [6, 6.07) is 4.07. The SMILES string of the molecule is Cc1cnc(C(=O)N(C)c2ccc(F)c(Cl)c2)cn1. The second-order valence-electron chi connectivity index (χ2n) is 4.01. The van der Waals surface area contributed by atoms with Crippen LogP contribution in [0.4, 0.5) is 10.1 Å². The number of nitrogens with zero attached hydrogens (tertiary/aromatic N) is 3. The minimum atomic E-state index is -0.526. The van der Waals surface area contributed by atoms with Crippen LogP contribution in [0.2, 0.25) is 5.02 Å². The van der Waals surface area contributed by atoms with Crippen molar-refractivity contribution in [3.63, 3.8) is 0 Å². The molecule has 2 rings (SSSR count). The summed E-state index contributed by atoms with van der Waals surface area (Å²) in [4.78, 5) is 21.5. The molecule has 0 fully saturated rings. The highest BCUT2D eigenvalue weighted by atomic mass is 35.5. The molecule has 2 aromatic rings. The van der Waals surface area contributed by atoms with Gasteiger partial charge in [-0.05, 0) is 25.1 Å². The largest absolute Gasteiger partial charge is 0.310 e. The zero-order chi connectivity index (χ0) is 14.0. The predicted molar refractivity (Wildman–Crippen MR) is 70.9 cm³/mol. The highest BCUT2D eigenvalue weighted by molar-refractivity contribution is 6.31. The van der Waals surface area contributed by atoms with Gasteiger partial charge in [0.15, 0.2) is 0 Å². The van der Waals surface area contributed by atoms with Gasteiger partial charge in [-0.25, -0.2) is 9.37 Å². The first-order chi connectivity index (χ1) is 8.99. The summed E-state index contributed by atoms with van der Waals surface area (Å²) in [7, 11) is 1.56. The topological polar surface area (TPSA) is 46.1 Å². The Bertz CT molecular complexity index is 616. The summed E-state index contributed by atoms with van der Waals surface area (Å²) < 4.78 is 13.1. The molecule has 4 nitrogen and oxygen atoms in total. The third-order valence-electron chi connectivity index (χ3n) is 2.60. The molecule has 0 saturated carbocycles. The predicted octanol–water partition coefficient (Wildman–Crippen LogP) is 2.85. The molecule has 0 radical (unpaired) electrons. The lowest BCUT2D eigenvalue weighted by molar-refractivity contribution is 0.0988. The van der Waals surface area contributed by atoms with Crippen LogP contribution in [-0.2, 0) is 0 Å². The summed E-state index contributed by atoms with van der Waals surface area (Å²) in [5.74, 6) is -0.864. The van der Waals surface area contributed by atoms with E-state index in [9.17, 15) is 9.18 Å². The van der Waals surface area contributed by atoms with E-state index in [2.05, 4.69) is 9.97 Å². The third-order valence-corrected chi connectivity index (χ3v) is 2.88. The van der Waals surface area contributed by atoms with Gasteiger partial charge in [-0.15, -0.1) is 0 Å². The van der Waals surface area contributed by atoms with Gasteiger partial charge in [0, 0.05) is 18.9 Å². The Morgan fingerprint density at radius 1 is 1.32 bits per heavy atom. The quantitative estimate of drug-likeness (QED) is 0.849. The fraction of sp³-hybridized carbons (Fsp3) is 0.154. The first-order valence-corrected chi connectivity index (χ1v) is 5.88. The van der Waals surface area contributed by atoms with E-state index in [1.807, 2.05) is 0 Å². The van der Waals surface area contributed by atoms with Crippen LogP contribution >= 0.6 is 11.6 Å². The van der Waals surface area contributed by atoms with Crippen LogP contribution in [0.1, 0.15) is 16.2 Å². The van der Waals surface area contributed by atoms with Crippen LogP contribution < -0.4 is 4.90 Å². The normalized spacial score (nSPS) is 10.3. The molecule has 0 bridgehead atoms. The Morgan fingerprint density at radius 2 is 2.05 bits per heavy atom. The van der Waals surface area contributed by atoms with Crippen LogP contribution in [-0.4, -0.2) is 22.9 Å². The van der Waals surface area contributed by atoms with Crippen molar-refractivity contribution < 1.29 is 9.18 Å². The van der Waals surface area contributed by atoms with Gasteiger partial charge < -0.3 is 4.90 Å². The second-order valence-corrected chi connectivity index (χ2v) is 4.41. The number of halogens is 2. The molecule has 6 heteroatoms. The molecule has 0 N–H and O–H groups in total. The number of hydrogen-bond donors (Lipinski definition) is 0. The van der Waals surface area contributed by atoms with Crippen LogP contribution in [0.3, 0.4) is 0 Å². The van der Waals surface area contributed by atoms with Crippen molar-refractivity contribution in [2.75, 3.05) is 11.9 Å². The highest BCUT2D eigenvalue weighted by Gasteiger charge is 2.16. The minimum Gasteiger partial charge on any atom is -0.310 e. The molecule has 0 unspecified atom stereocenters. The summed E-state index contributed by atoms with van der Waals surface area (Å²) in [6.45, 7) is 1.78. The summed E-state index contributed by atoms with van der Waals surface area (Å²) in [5.41, 5.74) is 1.43. The van der Waals surface area contributed by atoms with Crippen molar-refractivity contribution in [2.45, 2.75) is 6.92 Å². The molecule has 0 atom stereocenters. The molecule has 0 saturated heterocycles. The van der Waals surface area contributed by atoms with Crippen molar-refractivity contribution >= 4 is 23.2 Å². The van der Waals surface area contributed by atoms with E-state index >= 15 is 0 Å². The molecule has 0 spiro atoms. The number of carbonyl (C=O) groups is 1. The molecular formula is C13H11ClFN3O. The van der Waals surface area contributed by atoms with Gasteiger partial charge in [-0.3, -0.25) is 9.78 Å². The van der Waals surface area contributed by atoms with Gasteiger partial charge in [-0.2, -0.15) is 0 Å². The zero-order valence-corrected chi connectivity index (χ0v) is 11.1. The number of amides is 1. The van der Waals surface area contributed by atoms with E-state index in [1.54, 1.807) is 14.0 Å². The molecule has 19 heavy (non-hydrogen) atoms. The maximum Gasteiger partial charge on any atom is 0.278 e. The molecule has 1 amide bonds. The van der Waals surface area contributed by atoms with Gasteiger partial charge >= 0.3 is 0 Å². The standard InChI is InChI=1S/C13H11ClFN3O/c1-8-6-17-12(7-16-8)13(19)18(2)9-3-4-11(15)10(14)5-9/h3-7H,1-2H3. The van der Waals surface area contributed by atoms with Crippen molar-refractivity contribution in [1.29, 1.82) is 0 Å². The first kappa shape index (κ1) is 13.4. The Kier molecular flexibility index (Phi) is 3.76. The first-order valence-electron chi connectivity index (χ1n) is 5.51. The van der Waals surface area contributed by atoms with E-state index in [1.165, 1.54) is 35.5 Å². The fourth-order valence-electron chi connectivity index (χ4n) is 1.49. The number of aromatic nitrogens is 2. The number of benzene rings is 1. The Balaban J connectivity index is 2.28.